The van der Waals surface area contributed by atoms with Crippen molar-refractivity contribution in [1.82, 2.24) is 25.2 Å². The van der Waals surface area contributed by atoms with Crippen LogP contribution in [0.1, 0.15) is 27.2 Å². The van der Waals surface area contributed by atoms with Gasteiger partial charge in [-0.2, -0.15) is 0 Å². The number of ether oxygens (including phenoxy) is 1. The molecule has 6 rings (SSSR count). The van der Waals surface area contributed by atoms with Crippen molar-refractivity contribution < 1.29 is 9.53 Å². The quantitative estimate of drug-likeness (QED) is 0.422. The van der Waals surface area contributed by atoms with E-state index in [0.717, 1.165) is 57.8 Å². The molecule has 2 aliphatic rings. The molecular formula is C28H30N6O2. The maximum atomic E-state index is 11.7. The number of methoxy groups -OCH3 is 1. The first kappa shape index (κ1) is 22.7. The molecule has 1 saturated heterocycles. The molecule has 0 atom stereocenters. The van der Waals surface area contributed by atoms with Crippen LogP contribution in [0.25, 0.3) is 22.0 Å². The Morgan fingerprint density at radius 2 is 1.83 bits per heavy atom. The first-order valence-electron chi connectivity index (χ1n) is 12.5. The number of rotatable bonds is 5. The second-order valence-electron chi connectivity index (χ2n) is 9.50. The molecule has 2 aliphatic heterocycles. The van der Waals surface area contributed by atoms with Crippen molar-refractivity contribution in [3.05, 3.63) is 77.2 Å². The third-order valence-electron chi connectivity index (χ3n) is 7.19. The van der Waals surface area contributed by atoms with E-state index in [1.165, 1.54) is 52.8 Å². The van der Waals surface area contributed by atoms with Gasteiger partial charge in [0.25, 0.3) is 0 Å². The lowest BCUT2D eigenvalue weighted by Gasteiger charge is -2.27. The van der Waals surface area contributed by atoms with Gasteiger partial charge in [-0.05, 0) is 34.9 Å². The Hall–Kier alpha value is -3.75. The summed E-state index contributed by atoms with van der Waals surface area (Å²) in [5.41, 5.74) is 7.90. The number of aromatic nitrogens is 3. The van der Waals surface area contributed by atoms with Gasteiger partial charge in [0.2, 0.25) is 5.95 Å². The molecule has 4 heterocycles. The number of benzene rings is 2. The summed E-state index contributed by atoms with van der Waals surface area (Å²) < 4.78 is 4.76. The van der Waals surface area contributed by atoms with Crippen molar-refractivity contribution in [1.29, 1.82) is 0 Å². The van der Waals surface area contributed by atoms with Crippen LogP contribution in [-0.4, -0.2) is 65.7 Å². The maximum Gasteiger partial charge on any atom is 0.341 e. The second-order valence-corrected chi connectivity index (χ2v) is 9.50. The Kier molecular flexibility index (Phi) is 6.13. The highest BCUT2D eigenvalue weighted by Gasteiger charge is 2.23. The number of hydrogen-bond donors (Lipinski definition) is 2. The molecule has 8 heteroatoms. The van der Waals surface area contributed by atoms with Gasteiger partial charge in [-0.25, -0.2) is 14.8 Å². The van der Waals surface area contributed by atoms with Crippen LogP contribution >= 0.6 is 0 Å². The van der Waals surface area contributed by atoms with Gasteiger partial charge >= 0.3 is 5.97 Å². The van der Waals surface area contributed by atoms with E-state index in [0.29, 0.717) is 11.5 Å². The van der Waals surface area contributed by atoms with Crippen LogP contribution in [0.2, 0.25) is 0 Å². The summed E-state index contributed by atoms with van der Waals surface area (Å²) in [4.78, 5) is 28.9. The molecule has 36 heavy (non-hydrogen) atoms. The number of carbonyl (C=O) groups excluding carboxylic acids is 1. The van der Waals surface area contributed by atoms with Gasteiger partial charge in [0.1, 0.15) is 0 Å². The lowest BCUT2D eigenvalue weighted by molar-refractivity contribution is 0.0599. The van der Waals surface area contributed by atoms with E-state index in [4.69, 9.17) is 4.74 Å². The Labute approximate surface area is 210 Å². The van der Waals surface area contributed by atoms with Crippen molar-refractivity contribution in [2.24, 2.45) is 0 Å². The highest BCUT2D eigenvalue weighted by Crippen LogP contribution is 2.32. The molecule has 0 amide bonds. The zero-order chi connectivity index (χ0) is 24.5. The van der Waals surface area contributed by atoms with Gasteiger partial charge < -0.3 is 19.9 Å². The summed E-state index contributed by atoms with van der Waals surface area (Å²) in [7, 11) is 1.36. The number of nitrogens with one attached hydrogen (secondary N) is 2. The van der Waals surface area contributed by atoms with E-state index in [1.807, 2.05) is 0 Å². The molecule has 2 N–H and O–H groups in total. The molecule has 184 valence electrons. The molecule has 1 fully saturated rings. The summed E-state index contributed by atoms with van der Waals surface area (Å²) in [6, 6.07) is 15.6. The van der Waals surface area contributed by atoms with E-state index in [-0.39, 0.29) is 0 Å². The van der Waals surface area contributed by atoms with Crippen LogP contribution < -0.4 is 10.2 Å². The third kappa shape index (κ3) is 4.45. The number of aromatic amines is 1. The van der Waals surface area contributed by atoms with Crippen LogP contribution in [0.4, 0.5) is 5.95 Å². The van der Waals surface area contributed by atoms with E-state index >= 15 is 0 Å². The van der Waals surface area contributed by atoms with E-state index in [9.17, 15) is 4.79 Å². The fourth-order valence-electron chi connectivity index (χ4n) is 5.25. The van der Waals surface area contributed by atoms with Crippen molar-refractivity contribution in [3.8, 4) is 11.1 Å². The Morgan fingerprint density at radius 3 is 2.64 bits per heavy atom. The largest absolute Gasteiger partial charge is 0.465 e. The highest BCUT2D eigenvalue weighted by atomic mass is 16.5. The summed E-state index contributed by atoms with van der Waals surface area (Å²) in [5, 5.41) is 4.67. The van der Waals surface area contributed by atoms with Gasteiger partial charge in [0.05, 0.1) is 12.7 Å². The summed E-state index contributed by atoms with van der Waals surface area (Å²) >= 11 is 0. The smallest absolute Gasteiger partial charge is 0.341 e. The molecule has 8 nitrogen and oxygen atoms in total. The molecule has 0 radical (unpaired) electrons. The van der Waals surface area contributed by atoms with Crippen molar-refractivity contribution in [2.75, 3.05) is 44.7 Å². The van der Waals surface area contributed by atoms with Crippen LogP contribution in [0.15, 0.2) is 54.9 Å². The first-order valence-corrected chi connectivity index (χ1v) is 12.5. The van der Waals surface area contributed by atoms with E-state index < -0.39 is 5.97 Å². The molecule has 0 saturated carbocycles. The summed E-state index contributed by atoms with van der Waals surface area (Å²) in [6.07, 6.45) is 3.95. The number of fused-ring (bicyclic) bond motifs is 3. The van der Waals surface area contributed by atoms with Crippen LogP contribution in [0.5, 0.6) is 0 Å². The predicted molar refractivity (Wildman–Crippen MR) is 140 cm³/mol. The fourth-order valence-corrected chi connectivity index (χ4v) is 5.25. The lowest BCUT2D eigenvalue weighted by atomic mass is 9.98. The SMILES string of the molecule is COC(=O)c1cnc(N2CCc3[nH]c4ccc(-c5cccc(CN6CCNCC6)c5)cc4c3C2)nc1. The Morgan fingerprint density at radius 1 is 1.03 bits per heavy atom. The van der Waals surface area contributed by atoms with Crippen molar-refractivity contribution in [3.63, 3.8) is 0 Å². The van der Waals surface area contributed by atoms with Crippen molar-refractivity contribution >= 4 is 22.8 Å². The fraction of sp³-hybridized carbons (Fsp3) is 0.321. The number of esters is 1. The molecule has 0 aliphatic carbocycles. The molecule has 0 unspecified atom stereocenters. The van der Waals surface area contributed by atoms with Crippen LogP contribution in [-0.2, 0) is 24.2 Å². The normalized spacial score (nSPS) is 16.2. The highest BCUT2D eigenvalue weighted by molar-refractivity contribution is 5.90. The average molecular weight is 483 g/mol. The van der Waals surface area contributed by atoms with Gasteiger partial charge in [0, 0.05) is 86.8 Å². The number of hydrogen-bond acceptors (Lipinski definition) is 7. The number of anilines is 1. The monoisotopic (exact) mass is 482 g/mol. The predicted octanol–water partition coefficient (Wildman–Crippen LogP) is 3.38. The molecule has 0 spiro atoms. The minimum atomic E-state index is -0.427. The Balaban J connectivity index is 1.26. The lowest BCUT2D eigenvalue weighted by Crippen LogP contribution is -2.42. The summed E-state index contributed by atoms with van der Waals surface area (Å²) in [5.74, 6) is 0.197. The molecule has 0 bridgehead atoms. The van der Waals surface area contributed by atoms with Gasteiger partial charge in [-0.15, -0.1) is 0 Å². The molecule has 2 aromatic heterocycles. The first-order chi connectivity index (χ1) is 17.7. The topological polar surface area (TPSA) is 86.4 Å². The number of carbonyl (C=O) groups is 1. The van der Waals surface area contributed by atoms with Gasteiger partial charge in [-0.1, -0.05) is 24.3 Å². The summed E-state index contributed by atoms with van der Waals surface area (Å²) in [6.45, 7) is 6.84. The van der Waals surface area contributed by atoms with Gasteiger partial charge in [-0.3, -0.25) is 4.90 Å². The molecule has 2 aromatic carbocycles. The minimum Gasteiger partial charge on any atom is -0.465 e. The van der Waals surface area contributed by atoms with E-state index in [2.05, 4.69) is 72.5 Å². The Bertz CT molecular complexity index is 1390. The van der Waals surface area contributed by atoms with E-state index in [1.54, 1.807) is 0 Å². The standard InChI is InChI=1S/C28H30N6O2/c1-36-27(35)22-15-30-28(31-16-22)34-10-7-26-24(18-34)23-14-21(5-6-25(23)32-26)20-4-2-3-19(13-20)17-33-11-8-29-9-12-33/h2-6,13-16,29,32H,7-12,17-18H2,1H3. The third-order valence-corrected chi connectivity index (χ3v) is 7.19. The average Bonchev–Trinajstić information content (AvgIpc) is 3.30. The van der Waals surface area contributed by atoms with Gasteiger partial charge in [0.15, 0.2) is 0 Å². The zero-order valence-electron chi connectivity index (χ0n) is 20.5. The van der Waals surface area contributed by atoms with Crippen LogP contribution in [0, 0.1) is 0 Å². The number of H-pyrrole nitrogens is 1. The maximum absolute atomic E-state index is 11.7. The zero-order valence-corrected chi connectivity index (χ0v) is 20.5. The molecule has 4 aromatic rings. The second kappa shape index (κ2) is 9.72. The van der Waals surface area contributed by atoms with Crippen molar-refractivity contribution in [2.45, 2.75) is 19.5 Å². The van der Waals surface area contributed by atoms with Crippen LogP contribution in [0.3, 0.4) is 0 Å². The minimum absolute atomic E-state index is 0.356. The number of piperazine rings is 1. The molecular weight excluding hydrogens is 452 g/mol. The number of nitrogens with zero attached hydrogens (tertiary/aromatic N) is 4.